The number of piperidine rings is 1. The van der Waals surface area contributed by atoms with Crippen LogP contribution in [-0.4, -0.2) is 17.1 Å². The fraction of sp³-hybridized carbons (Fsp3) is 0.312. The molecule has 0 aromatic heterocycles. The first-order chi connectivity index (χ1) is 9.24. The number of carboxylic acid groups (broad SMARTS) is 1. The van der Waals surface area contributed by atoms with Crippen LogP contribution in [0.25, 0.3) is 10.8 Å². The molecule has 0 saturated carbocycles. The minimum atomic E-state index is -0.745. The van der Waals surface area contributed by atoms with Crippen molar-refractivity contribution in [2.24, 2.45) is 0 Å². The largest absolute Gasteiger partial charge is 0.480 e. The van der Waals surface area contributed by atoms with Crippen molar-refractivity contribution in [3.63, 3.8) is 0 Å². The molecule has 0 spiro atoms. The number of aliphatic carboxylic acids is 1. The molecule has 1 aliphatic heterocycles. The highest BCUT2D eigenvalue weighted by Crippen LogP contribution is 2.28. The summed E-state index contributed by atoms with van der Waals surface area (Å²) in [5.41, 5.74) is 1.18. The average Bonchev–Trinajstić information content (AvgIpc) is 2.47. The van der Waals surface area contributed by atoms with E-state index in [9.17, 15) is 4.79 Å². The van der Waals surface area contributed by atoms with Gasteiger partial charge in [0, 0.05) is 6.04 Å². The molecule has 2 atom stereocenters. The molecular weight excluding hydrogens is 238 g/mol. The molecule has 3 heteroatoms. The first-order valence-corrected chi connectivity index (χ1v) is 6.71. The summed E-state index contributed by atoms with van der Waals surface area (Å²) in [6.07, 6.45) is 2.68. The molecule has 98 valence electrons. The number of benzene rings is 2. The normalized spacial score (nSPS) is 23.4. The molecule has 0 radical (unpaired) electrons. The summed E-state index contributed by atoms with van der Waals surface area (Å²) in [5.74, 6) is -0.745. The molecular formula is C16H17NO2. The third-order valence-corrected chi connectivity index (χ3v) is 3.86. The molecule has 3 nitrogen and oxygen atoms in total. The topological polar surface area (TPSA) is 49.3 Å². The second-order valence-electron chi connectivity index (χ2n) is 5.15. The van der Waals surface area contributed by atoms with Gasteiger partial charge in [0.2, 0.25) is 0 Å². The zero-order valence-electron chi connectivity index (χ0n) is 10.7. The maximum Gasteiger partial charge on any atom is 0.320 e. The quantitative estimate of drug-likeness (QED) is 0.867. The second-order valence-corrected chi connectivity index (χ2v) is 5.15. The highest BCUT2D eigenvalue weighted by Gasteiger charge is 2.26. The molecule has 2 aromatic rings. The van der Waals surface area contributed by atoms with Crippen molar-refractivity contribution in [2.75, 3.05) is 0 Å². The van der Waals surface area contributed by atoms with Crippen molar-refractivity contribution >= 4 is 16.7 Å². The van der Waals surface area contributed by atoms with Crippen LogP contribution in [0.1, 0.15) is 30.9 Å². The average molecular weight is 255 g/mol. The van der Waals surface area contributed by atoms with E-state index in [1.807, 2.05) is 12.1 Å². The van der Waals surface area contributed by atoms with Crippen LogP contribution in [0.3, 0.4) is 0 Å². The zero-order chi connectivity index (χ0) is 13.2. The van der Waals surface area contributed by atoms with Crippen LogP contribution in [0.5, 0.6) is 0 Å². The van der Waals surface area contributed by atoms with E-state index in [2.05, 4.69) is 35.6 Å². The minimum absolute atomic E-state index is 0.152. The summed E-state index contributed by atoms with van der Waals surface area (Å²) in [6.45, 7) is 0. The van der Waals surface area contributed by atoms with Gasteiger partial charge in [0.15, 0.2) is 0 Å². The maximum absolute atomic E-state index is 11.1. The monoisotopic (exact) mass is 255 g/mol. The van der Waals surface area contributed by atoms with Gasteiger partial charge in [-0.05, 0) is 41.7 Å². The molecule has 0 amide bonds. The number of carbonyl (C=O) groups is 1. The highest BCUT2D eigenvalue weighted by atomic mass is 16.4. The first kappa shape index (κ1) is 12.2. The molecule has 2 unspecified atom stereocenters. The van der Waals surface area contributed by atoms with Gasteiger partial charge in [-0.15, -0.1) is 0 Å². The number of nitrogens with one attached hydrogen (secondary N) is 1. The standard InChI is InChI=1S/C16H17NO2/c18-16(19)15-7-3-6-14(17-15)13-9-8-11-4-1-2-5-12(11)10-13/h1-2,4-5,8-10,14-15,17H,3,6-7H2,(H,18,19). The van der Waals surface area contributed by atoms with Crippen molar-refractivity contribution in [3.05, 3.63) is 48.0 Å². The van der Waals surface area contributed by atoms with E-state index in [1.54, 1.807) is 0 Å². The smallest absolute Gasteiger partial charge is 0.320 e. The van der Waals surface area contributed by atoms with Crippen LogP contribution in [-0.2, 0) is 4.79 Å². The molecule has 1 fully saturated rings. The van der Waals surface area contributed by atoms with E-state index < -0.39 is 12.0 Å². The Morgan fingerprint density at radius 2 is 1.89 bits per heavy atom. The van der Waals surface area contributed by atoms with Gasteiger partial charge in [0.05, 0.1) is 0 Å². The van der Waals surface area contributed by atoms with Crippen LogP contribution in [0.15, 0.2) is 42.5 Å². The number of hydrogen-bond donors (Lipinski definition) is 2. The minimum Gasteiger partial charge on any atom is -0.480 e. The lowest BCUT2D eigenvalue weighted by Crippen LogP contribution is -2.42. The zero-order valence-corrected chi connectivity index (χ0v) is 10.7. The molecule has 2 N–H and O–H groups in total. The fourth-order valence-corrected chi connectivity index (χ4v) is 2.82. The molecule has 1 heterocycles. The van der Waals surface area contributed by atoms with E-state index in [-0.39, 0.29) is 6.04 Å². The lowest BCUT2D eigenvalue weighted by atomic mass is 9.92. The van der Waals surface area contributed by atoms with Crippen molar-refractivity contribution < 1.29 is 9.90 Å². The Labute approximate surface area is 112 Å². The van der Waals surface area contributed by atoms with Gasteiger partial charge in [-0.25, -0.2) is 0 Å². The van der Waals surface area contributed by atoms with Gasteiger partial charge in [-0.3, -0.25) is 10.1 Å². The third-order valence-electron chi connectivity index (χ3n) is 3.86. The van der Waals surface area contributed by atoms with Crippen molar-refractivity contribution in [3.8, 4) is 0 Å². The van der Waals surface area contributed by atoms with Gasteiger partial charge in [-0.1, -0.05) is 36.4 Å². The Balaban J connectivity index is 1.89. The first-order valence-electron chi connectivity index (χ1n) is 6.71. The van der Waals surface area contributed by atoms with Crippen molar-refractivity contribution in [1.29, 1.82) is 0 Å². The van der Waals surface area contributed by atoms with Crippen LogP contribution >= 0.6 is 0 Å². The van der Waals surface area contributed by atoms with Gasteiger partial charge in [0.1, 0.15) is 6.04 Å². The summed E-state index contributed by atoms with van der Waals surface area (Å²) in [5, 5.41) is 14.8. The van der Waals surface area contributed by atoms with Gasteiger partial charge >= 0.3 is 5.97 Å². The van der Waals surface area contributed by atoms with Gasteiger partial charge < -0.3 is 5.11 Å². The maximum atomic E-state index is 11.1. The molecule has 3 rings (SSSR count). The summed E-state index contributed by atoms with van der Waals surface area (Å²) in [7, 11) is 0. The summed E-state index contributed by atoms with van der Waals surface area (Å²) in [6, 6.07) is 14.4. The second kappa shape index (κ2) is 5.02. The van der Waals surface area contributed by atoms with Crippen LogP contribution in [0.4, 0.5) is 0 Å². The Kier molecular flexibility index (Phi) is 3.22. The Bertz CT molecular complexity index is 608. The Morgan fingerprint density at radius 3 is 2.68 bits per heavy atom. The lowest BCUT2D eigenvalue weighted by Gasteiger charge is -2.29. The Morgan fingerprint density at radius 1 is 1.11 bits per heavy atom. The summed E-state index contributed by atoms with van der Waals surface area (Å²) < 4.78 is 0. The Hall–Kier alpha value is -1.87. The number of rotatable bonds is 2. The van der Waals surface area contributed by atoms with E-state index in [0.717, 1.165) is 19.3 Å². The highest BCUT2D eigenvalue weighted by molar-refractivity contribution is 5.83. The van der Waals surface area contributed by atoms with Crippen molar-refractivity contribution in [2.45, 2.75) is 31.3 Å². The predicted octanol–water partition coefficient (Wildman–Crippen LogP) is 3.11. The SMILES string of the molecule is O=C(O)C1CCCC(c2ccc3ccccc3c2)N1. The van der Waals surface area contributed by atoms with Gasteiger partial charge in [0.25, 0.3) is 0 Å². The van der Waals surface area contributed by atoms with E-state index in [1.165, 1.54) is 16.3 Å². The van der Waals surface area contributed by atoms with E-state index in [4.69, 9.17) is 5.11 Å². The predicted molar refractivity (Wildman–Crippen MR) is 75.1 cm³/mol. The van der Waals surface area contributed by atoms with Gasteiger partial charge in [-0.2, -0.15) is 0 Å². The fourth-order valence-electron chi connectivity index (χ4n) is 2.82. The summed E-state index contributed by atoms with van der Waals surface area (Å²) >= 11 is 0. The van der Waals surface area contributed by atoms with Crippen molar-refractivity contribution in [1.82, 2.24) is 5.32 Å². The lowest BCUT2D eigenvalue weighted by molar-refractivity contribution is -0.140. The molecule has 1 saturated heterocycles. The van der Waals surface area contributed by atoms with Crippen LogP contribution < -0.4 is 5.32 Å². The molecule has 0 bridgehead atoms. The molecule has 0 aliphatic carbocycles. The third kappa shape index (κ3) is 2.47. The van der Waals surface area contributed by atoms with E-state index in [0.29, 0.717) is 0 Å². The van der Waals surface area contributed by atoms with Crippen LogP contribution in [0.2, 0.25) is 0 Å². The number of hydrogen-bond acceptors (Lipinski definition) is 2. The summed E-state index contributed by atoms with van der Waals surface area (Å²) in [4.78, 5) is 11.1. The number of fused-ring (bicyclic) bond motifs is 1. The molecule has 19 heavy (non-hydrogen) atoms. The molecule has 1 aliphatic rings. The van der Waals surface area contributed by atoms with Crippen LogP contribution in [0, 0.1) is 0 Å². The molecule has 2 aromatic carbocycles. The number of carboxylic acids is 1. The van der Waals surface area contributed by atoms with E-state index >= 15 is 0 Å².